The third kappa shape index (κ3) is 4.62. The van der Waals surface area contributed by atoms with E-state index in [9.17, 15) is 19.2 Å². The molecule has 0 aromatic heterocycles. The Balaban J connectivity index is 0.000000135. The smallest absolute Gasteiger partial charge is 0.318 e. The Morgan fingerprint density at radius 3 is 0.780 bits per heavy atom. The van der Waals surface area contributed by atoms with Gasteiger partial charge in [-0.1, -0.05) is 146 Å². The summed E-state index contributed by atoms with van der Waals surface area (Å²) in [4.78, 5) is 48.8. The van der Waals surface area contributed by atoms with Crippen LogP contribution in [0.5, 0.6) is 0 Å². The van der Waals surface area contributed by atoms with E-state index in [2.05, 4.69) is 72.8 Å². The molecule has 10 rings (SSSR count). The van der Waals surface area contributed by atoms with Crippen LogP contribution in [0.15, 0.2) is 157 Å². The first-order valence-corrected chi connectivity index (χ1v) is 17.1. The fraction of sp³-hybridized carbons (Fsp3) is 0.182. The second-order valence-corrected chi connectivity index (χ2v) is 13.6. The molecule has 0 amide bonds. The number of ether oxygens (including phenoxy) is 2. The molecule has 4 fully saturated rings. The predicted molar refractivity (Wildman–Crippen MR) is 186 cm³/mol. The first-order chi connectivity index (χ1) is 24.5. The lowest BCUT2D eigenvalue weighted by Crippen LogP contribution is -2.21. The molecule has 6 heteroatoms. The Kier molecular flexibility index (Phi) is 7.20. The summed E-state index contributed by atoms with van der Waals surface area (Å²) in [5, 5.41) is 0. The molecule has 6 aliphatic rings. The van der Waals surface area contributed by atoms with Gasteiger partial charge in [-0.3, -0.25) is 19.2 Å². The molecule has 0 radical (unpaired) electrons. The van der Waals surface area contributed by atoms with Gasteiger partial charge in [0, 0.05) is 23.7 Å². The summed E-state index contributed by atoms with van der Waals surface area (Å²) in [6, 6.07) is 40.8. The summed E-state index contributed by atoms with van der Waals surface area (Å²) in [7, 11) is 0. The predicted octanol–water partition coefficient (Wildman–Crippen LogP) is 7.24. The van der Waals surface area contributed by atoms with Crippen molar-refractivity contribution in [2.24, 2.45) is 47.3 Å². The fourth-order valence-corrected chi connectivity index (χ4v) is 9.21. The van der Waals surface area contributed by atoms with Gasteiger partial charge in [-0.15, -0.1) is 0 Å². The molecule has 4 aliphatic carbocycles. The molecule has 4 aromatic carbocycles. The molecule has 6 nitrogen and oxygen atoms in total. The Bertz CT molecular complexity index is 1860. The van der Waals surface area contributed by atoms with Crippen LogP contribution in [0.3, 0.4) is 0 Å². The van der Waals surface area contributed by atoms with Crippen molar-refractivity contribution in [2.45, 2.75) is 0 Å². The lowest BCUT2D eigenvalue weighted by atomic mass is 9.85. The van der Waals surface area contributed by atoms with E-state index in [1.807, 2.05) is 72.8 Å². The first-order valence-electron chi connectivity index (χ1n) is 17.1. The molecule has 244 valence electrons. The van der Waals surface area contributed by atoms with E-state index in [0.29, 0.717) is 0 Å². The summed E-state index contributed by atoms with van der Waals surface area (Å²) in [6.07, 6.45) is 8.31. The number of rotatable bonds is 4. The minimum Gasteiger partial charge on any atom is -0.393 e. The highest BCUT2D eigenvalue weighted by Gasteiger charge is 2.62. The van der Waals surface area contributed by atoms with Crippen molar-refractivity contribution in [3.05, 3.63) is 179 Å². The number of hydrogen-bond donors (Lipinski definition) is 0. The van der Waals surface area contributed by atoms with Gasteiger partial charge in [-0.05, 0) is 44.5 Å². The van der Waals surface area contributed by atoms with E-state index in [0.717, 1.165) is 33.4 Å². The molecule has 2 saturated heterocycles. The third-order valence-electron chi connectivity index (χ3n) is 11.1. The SMILES string of the molecule is O=C1OC(=O)C2C3C=CC(C3=C(c3ccccc3)c3ccccc3)C12.O=C1OC(=O)C2C3C=CC(C3=C(c3ccccc3)c3ccccc3)C12. The average molecular weight is 657 g/mol. The minimum atomic E-state index is -0.371. The van der Waals surface area contributed by atoms with Crippen LogP contribution in [0.1, 0.15) is 22.3 Å². The minimum absolute atomic E-state index is 0.0515. The van der Waals surface area contributed by atoms with E-state index in [1.165, 1.54) is 11.1 Å². The second-order valence-electron chi connectivity index (χ2n) is 13.6. The molecule has 2 heterocycles. The highest BCUT2D eigenvalue weighted by atomic mass is 16.6. The number of fused-ring (bicyclic) bond motifs is 10. The summed E-state index contributed by atoms with van der Waals surface area (Å²) in [6.45, 7) is 0. The molecule has 50 heavy (non-hydrogen) atoms. The van der Waals surface area contributed by atoms with Gasteiger partial charge in [-0.2, -0.15) is 0 Å². The zero-order valence-electron chi connectivity index (χ0n) is 26.9. The van der Waals surface area contributed by atoms with Crippen molar-refractivity contribution in [1.29, 1.82) is 0 Å². The molecule has 0 N–H and O–H groups in total. The largest absolute Gasteiger partial charge is 0.393 e. The standard InChI is InChI=1S/2C22H16O3/c2*23-21-19-15-11-12-16(20(19)22(24)25-21)18(15)17(13-7-3-1-4-8-13)14-9-5-2-6-10-14/h2*1-12,15-16,19-20H. The van der Waals surface area contributed by atoms with Crippen molar-refractivity contribution in [3.63, 3.8) is 0 Å². The van der Waals surface area contributed by atoms with Crippen LogP contribution in [0.4, 0.5) is 0 Å². The van der Waals surface area contributed by atoms with Gasteiger partial charge in [0.25, 0.3) is 0 Å². The van der Waals surface area contributed by atoms with Crippen molar-refractivity contribution >= 4 is 35.0 Å². The third-order valence-corrected chi connectivity index (χ3v) is 11.1. The number of allylic oxidation sites excluding steroid dienone is 6. The van der Waals surface area contributed by atoms with E-state index in [4.69, 9.17) is 9.47 Å². The molecule has 4 aromatic rings. The number of benzene rings is 4. The van der Waals surface area contributed by atoms with Gasteiger partial charge in [0.1, 0.15) is 0 Å². The highest BCUT2D eigenvalue weighted by molar-refractivity contribution is 6.01. The van der Waals surface area contributed by atoms with Gasteiger partial charge >= 0.3 is 23.9 Å². The summed E-state index contributed by atoms with van der Waals surface area (Å²) in [5.74, 6) is -3.13. The Hall–Kier alpha value is -5.88. The maximum absolute atomic E-state index is 12.2. The summed E-state index contributed by atoms with van der Waals surface area (Å²) < 4.78 is 9.82. The number of cyclic esters (lactones) is 4. The van der Waals surface area contributed by atoms with Crippen LogP contribution in [0, 0.1) is 47.3 Å². The number of esters is 4. The van der Waals surface area contributed by atoms with Crippen molar-refractivity contribution in [2.75, 3.05) is 0 Å². The first kappa shape index (κ1) is 30.2. The Morgan fingerprint density at radius 1 is 0.340 bits per heavy atom. The number of hydrogen-bond acceptors (Lipinski definition) is 6. The number of carbonyl (C=O) groups excluding carboxylic acids is 4. The van der Waals surface area contributed by atoms with Crippen LogP contribution in [0.25, 0.3) is 11.1 Å². The van der Waals surface area contributed by atoms with Gasteiger partial charge in [0.2, 0.25) is 0 Å². The molecular weight excluding hydrogens is 624 g/mol. The maximum Gasteiger partial charge on any atom is 0.318 e. The second kappa shape index (κ2) is 11.9. The van der Waals surface area contributed by atoms with Gasteiger partial charge in [0.15, 0.2) is 0 Å². The fourth-order valence-electron chi connectivity index (χ4n) is 9.21. The van der Waals surface area contributed by atoms with Crippen molar-refractivity contribution in [1.82, 2.24) is 0 Å². The van der Waals surface area contributed by atoms with Crippen LogP contribution in [-0.2, 0) is 28.7 Å². The lowest BCUT2D eigenvalue weighted by molar-refractivity contribution is -0.156. The molecular formula is C44H32O6. The van der Waals surface area contributed by atoms with Crippen LogP contribution in [0.2, 0.25) is 0 Å². The zero-order chi connectivity index (χ0) is 33.9. The number of carbonyl (C=O) groups is 4. The normalized spacial score (nSPS) is 29.0. The monoisotopic (exact) mass is 656 g/mol. The van der Waals surface area contributed by atoms with E-state index >= 15 is 0 Å². The van der Waals surface area contributed by atoms with Crippen LogP contribution >= 0.6 is 0 Å². The molecule has 8 atom stereocenters. The molecule has 4 bridgehead atoms. The molecule has 8 unspecified atom stereocenters. The highest BCUT2D eigenvalue weighted by Crippen LogP contribution is 2.59. The van der Waals surface area contributed by atoms with Gasteiger partial charge in [0.05, 0.1) is 23.7 Å². The van der Waals surface area contributed by atoms with E-state index in [1.54, 1.807) is 0 Å². The van der Waals surface area contributed by atoms with E-state index in [-0.39, 0.29) is 71.2 Å². The van der Waals surface area contributed by atoms with Crippen LogP contribution < -0.4 is 0 Å². The van der Waals surface area contributed by atoms with E-state index < -0.39 is 0 Å². The maximum atomic E-state index is 12.2. The van der Waals surface area contributed by atoms with Crippen molar-refractivity contribution < 1.29 is 28.7 Å². The van der Waals surface area contributed by atoms with Crippen LogP contribution in [-0.4, -0.2) is 23.9 Å². The quantitative estimate of drug-likeness (QED) is 0.131. The Labute approximate surface area is 289 Å². The van der Waals surface area contributed by atoms with Crippen molar-refractivity contribution in [3.8, 4) is 0 Å². The average Bonchev–Trinajstić information content (AvgIpc) is 4.00. The molecule has 0 spiro atoms. The Morgan fingerprint density at radius 2 is 0.560 bits per heavy atom. The summed E-state index contributed by atoms with van der Waals surface area (Å²) in [5.41, 5.74) is 9.08. The topological polar surface area (TPSA) is 86.7 Å². The molecule has 2 saturated carbocycles. The molecule has 2 aliphatic heterocycles. The lowest BCUT2D eigenvalue weighted by Gasteiger charge is -2.18. The van der Waals surface area contributed by atoms with Gasteiger partial charge in [-0.25, -0.2) is 0 Å². The zero-order valence-corrected chi connectivity index (χ0v) is 26.9. The summed E-state index contributed by atoms with van der Waals surface area (Å²) >= 11 is 0. The van der Waals surface area contributed by atoms with Gasteiger partial charge < -0.3 is 9.47 Å².